The summed E-state index contributed by atoms with van der Waals surface area (Å²) in [5.41, 5.74) is 7.30. The topological polar surface area (TPSA) is 38.5 Å². The first kappa shape index (κ1) is 13.0. The van der Waals surface area contributed by atoms with Gasteiger partial charge in [-0.15, -0.1) is 0 Å². The van der Waals surface area contributed by atoms with Crippen LogP contribution in [0.2, 0.25) is 0 Å². The predicted octanol–water partition coefficient (Wildman–Crippen LogP) is 3.04. The van der Waals surface area contributed by atoms with Crippen LogP contribution in [-0.4, -0.2) is 19.7 Å². The molecule has 2 rings (SSSR count). The zero-order valence-electron chi connectivity index (χ0n) is 11.2. The Bertz CT molecular complexity index is 436. The standard InChI is InChI=1S/C14H21FN2O/c1-9-4-5-17(10(2)6-9)13-8-14(18-3)11(15)7-12(13)16/h7-10H,4-6,16H2,1-3H3. The van der Waals surface area contributed by atoms with Gasteiger partial charge in [0, 0.05) is 24.7 Å². The summed E-state index contributed by atoms with van der Waals surface area (Å²) in [6.45, 7) is 5.41. The third-order valence-electron chi connectivity index (χ3n) is 3.75. The van der Waals surface area contributed by atoms with Gasteiger partial charge in [0.15, 0.2) is 11.6 Å². The van der Waals surface area contributed by atoms with E-state index in [2.05, 4.69) is 18.7 Å². The van der Waals surface area contributed by atoms with Gasteiger partial charge in [-0.3, -0.25) is 0 Å². The van der Waals surface area contributed by atoms with Crippen molar-refractivity contribution in [1.82, 2.24) is 0 Å². The first-order chi connectivity index (χ1) is 8.52. The first-order valence-electron chi connectivity index (χ1n) is 6.42. The summed E-state index contributed by atoms with van der Waals surface area (Å²) in [6.07, 6.45) is 2.28. The van der Waals surface area contributed by atoms with Crippen molar-refractivity contribution in [3.05, 3.63) is 17.9 Å². The Labute approximate surface area is 108 Å². The van der Waals surface area contributed by atoms with Gasteiger partial charge in [-0.1, -0.05) is 6.92 Å². The van der Waals surface area contributed by atoms with E-state index in [0.29, 0.717) is 11.7 Å². The van der Waals surface area contributed by atoms with Crippen LogP contribution < -0.4 is 15.4 Å². The molecule has 2 atom stereocenters. The molecule has 3 nitrogen and oxygen atoms in total. The number of nitrogens with zero attached hydrogens (tertiary/aromatic N) is 1. The lowest BCUT2D eigenvalue weighted by atomic mass is 9.93. The first-order valence-corrected chi connectivity index (χ1v) is 6.42. The molecule has 1 heterocycles. The zero-order chi connectivity index (χ0) is 13.3. The Kier molecular flexibility index (Phi) is 3.64. The molecule has 0 aromatic heterocycles. The smallest absolute Gasteiger partial charge is 0.167 e. The van der Waals surface area contributed by atoms with Crippen molar-refractivity contribution >= 4 is 11.4 Å². The maximum atomic E-state index is 13.5. The third kappa shape index (κ3) is 2.37. The van der Waals surface area contributed by atoms with Gasteiger partial charge in [0.25, 0.3) is 0 Å². The van der Waals surface area contributed by atoms with Crippen LogP contribution in [0.25, 0.3) is 0 Å². The lowest BCUT2D eigenvalue weighted by Crippen LogP contribution is -2.40. The number of methoxy groups -OCH3 is 1. The van der Waals surface area contributed by atoms with Gasteiger partial charge in [0.2, 0.25) is 0 Å². The molecule has 1 aromatic rings. The summed E-state index contributed by atoms with van der Waals surface area (Å²) in [6, 6.07) is 3.47. The van der Waals surface area contributed by atoms with E-state index in [9.17, 15) is 4.39 Å². The van der Waals surface area contributed by atoms with Crippen LogP contribution in [0, 0.1) is 11.7 Å². The van der Waals surface area contributed by atoms with E-state index in [1.54, 1.807) is 6.07 Å². The number of hydrogen-bond donors (Lipinski definition) is 1. The van der Waals surface area contributed by atoms with E-state index in [0.717, 1.165) is 31.0 Å². The minimum Gasteiger partial charge on any atom is -0.494 e. The van der Waals surface area contributed by atoms with Crippen molar-refractivity contribution < 1.29 is 9.13 Å². The maximum absolute atomic E-state index is 13.5. The van der Waals surface area contributed by atoms with E-state index in [1.807, 2.05) is 0 Å². The summed E-state index contributed by atoms with van der Waals surface area (Å²) in [4.78, 5) is 2.25. The normalized spacial score (nSPS) is 24.1. The maximum Gasteiger partial charge on any atom is 0.167 e. The second kappa shape index (κ2) is 5.04. The molecule has 1 fully saturated rings. The van der Waals surface area contributed by atoms with Crippen molar-refractivity contribution in [2.45, 2.75) is 32.7 Å². The van der Waals surface area contributed by atoms with Crippen molar-refractivity contribution in [3.63, 3.8) is 0 Å². The number of anilines is 2. The summed E-state index contributed by atoms with van der Waals surface area (Å²) in [5, 5.41) is 0. The number of nitrogen functional groups attached to an aromatic ring is 1. The van der Waals surface area contributed by atoms with Crippen LogP contribution in [0.1, 0.15) is 26.7 Å². The van der Waals surface area contributed by atoms with Crippen molar-refractivity contribution in [2.24, 2.45) is 5.92 Å². The number of piperidine rings is 1. The van der Waals surface area contributed by atoms with Gasteiger partial charge in [-0.05, 0) is 25.7 Å². The highest BCUT2D eigenvalue weighted by Gasteiger charge is 2.25. The van der Waals surface area contributed by atoms with Crippen molar-refractivity contribution in [3.8, 4) is 5.75 Å². The summed E-state index contributed by atoms with van der Waals surface area (Å²) in [7, 11) is 1.47. The summed E-state index contributed by atoms with van der Waals surface area (Å²) < 4.78 is 18.6. The SMILES string of the molecule is COc1cc(N2CCC(C)CC2C)c(N)cc1F. The third-order valence-corrected chi connectivity index (χ3v) is 3.75. The zero-order valence-corrected chi connectivity index (χ0v) is 11.2. The largest absolute Gasteiger partial charge is 0.494 e. The van der Waals surface area contributed by atoms with E-state index in [4.69, 9.17) is 10.5 Å². The van der Waals surface area contributed by atoms with Gasteiger partial charge in [-0.2, -0.15) is 0 Å². The Morgan fingerprint density at radius 2 is 2.11 bits per heavy atom. The van der Waals surface area contributed by atoms with Crippen molar-refractivity contribution in [2.75, 3.05) is 24.3 Å². The summed E-state index contributed by atoms with van der Waals surface area (Å²) >= 11 is 0. The molecule has 18 heavy (non-hydrogen) atoms. The Balaban J connectivity index is 2.32. The molecule has 1 aromatic carbocycles. The van der Waals surface area contributed by atoms with Crippen molar-refractivity contribution in [1.29, 1.82) is 0 Å². The molecule has 0 saturated carbocycles. The average Bonchev–Trinajstić information content (AvgIpc) is 2.30. The van der Waals surface area contributed by atoms with E-state index in [1.165, 1.54) is 13.2 Å². The number of halogens is 1. The molecule has 1 aliphatic rings. The van der Waals surface area contributed by atoms with Gasteiger partial charge in [-0.25, -0.2) is 4.39 Å². The van der Waals surface area contributed by atoms with E-state index >= 15 is 0 Å². The van der Waals surface area contributed by atoms with Gasteiger partial charge < -0.3 is 15.4 Å². The fourth-order valence-electron chi connectivity index (χ4n) is 2.73. The molecule has 4 heteroatoms. The van der Waals surface area contributed by atoms with E-state index in [-0.39, 0.29) is 5.75 Å². The fraction of sp³-hybridized carbons (Fsp3) is 0.571. The molecular weight excluding hydrogens is 231 g/mol. The van der Waals surface area contributed by atoms with Crippen LogP contribution in [0.4, 0.5) is 15.8 Å². The lowest BCUT2D eigenvalue weighted by molar-refractivity contribution is 0.373. The molecule has 0 amide bonds. The van der Waals surface area contributed by atoms with Gasteiger partial charge >= 0.3 is 0 Å². The number of rotatable bonds is 2. The average molecular weight is 252 g/mol. The van der Waals surface area contributed by atoms with E-state index < -0.39 is 5.82 Å². The highest BCUT2D eigenvalue weighted by molar-refractivity contribution is 5.70. The molecule has 0 bridgehead atoms. The minimum atomic E-state index is -0.406. The Morgan fingerprint density at radius 3 is 2.72 bits per heavy atom. The predicted molar refractivity (Wildman–Crippen MR) is 72.6 cm³/mol. The second-order valence-corrected chi connectivity index (χ2v) is 5.22. The highest BCUT2D eigenvalue weighted by Crippen LogP contribution is 2.35. The molecular formula is C14H21FN2O. The molecule has 0 aliphatic carbocycles. The molecule has 1 aliphatic heterocycles. The highest BCUT2D eigenvalue weighted by atomic mass is 19.1. The fourth-order valence-corrected chi connectivity index (χ4v) is 2.73. The molecule has 0 radical (unpaired) electrons. The van der Waals surface area contributed by atoms with Crippen LogP contribution >= 0.6 is 0 Å². The molecule has 0 spiro atoms. The number of benzene rings is 1. The lowest BCUT2D eigenvalue weighted by Gasteiger charge is -2.39. The molecule has 1 saturated heterocycles. The minimum absolute atomic E-state index is 0.255. The molecule has 2 unspecified atom stereocenters. The second-order valence-electron chi connectivity index (χ2n) is 5.22. The van der Waals surface area contributed by atoms with Crippen LogP contribution in [0.15, 0.2) is 12.1 Å². The Hall–Kier alpha value is -1.45. The summed E-state index contributed by atoms with van der Waals surface area (Å²) in [5.74, 6) is 0.585. The van der Waals surface area contributed by atoms with Gasteiger partial charge in [0.05, 0.1) is 18.5 Å². The van der Waals surface area contributed by atoms with Crippen LogP contribution in [0.3, 0.4) is 0 Å². The quantitative estimate of drug-likeness (QED) is 0.822. The molecule has 100 valence electrons. The monoisotopic (exact) mass is 252 g/mol. The number of nitrogens with two attached hydrogens (primary N) is 1. The number of hydrogen-bond acceptors (Lipinski definition) is 3. The molecule has 2 N–H and O–H groups in total. The van der Waals surface area contributed by atoms with Gasteiger partial charge in [0.1, 0.15) is 0 Å². The van der Waals surface area contributed by atoms with Crippen LogP contribution in [-0.2, 0) is 0 Å². The Morgan fingerprint density at radius 1 is 1.39 bits per heavy atom. The van der Waals surface area contributed by atoms with Crippen LogP contribution in [0.5, 0.6) is 5.75 Å². The number of ether oxygens (including phenoxy) is 1.